The average Bonchev–Trinajstić information content (AvgIpc) is 2.64. The molecule has 1 aromatic carbocycles. The van der Waals surface area contributed by atoms with E-state index < -0.39 is 0 Å². The van der Waals surface area contributed by atoms with Gasteiger partial charge < -0.3 is 17.3 Å². The van der Waals surface area contributed by atoms with Crippen LogP contribution in [-0.2, 0) is 0 Å². The Labute approximate surface area is 162 Å². The van der Waals surface area contributed by atoms with Crippen molar-refractivity contribution in [1.82, 2.24) is 4.98 Å². The molecule has 3 rings (SSSR count). The van der Waals surface area contributed by atoms with E-state index in [4.69, 9.17) is 0 Å². The van der Waals surface area contributed by atoms with E-state index in [0.29, 0.717) is 0 Å². The van der Waals surface area contributed by atoms with Crippen LogP contribution < -0.4 is 17.3 Å². The molecule has 0 spiro atoms. The molecule has 0 bridgehead atoms. The molecular weight excluding hydrogens is 342 g/mol. The Kier molecular flexibility index (Phi) is 6.53. The third-order valence-corrected chi connectivity index (χ3v) is 4.27. The number of allylic oxidation sites excluding steroid dienone is 5. The predicted octanol–water partition coefficient (Wildman–Crippen LogP) is 0.793. The molecule has 0 saturated heterocycles. The topological polar surface area (TPSA) is 19.1 Å². The molecular formula is C22H24ClN3. The summed E-state index contributed by atoms with van der Waals surface area (Å²) in [6, 6.07) is 14.7. The minimum atomic E-state index is 0. The summed E-state index contributed by atoms with van der Waals surface area (Å²) in [5.74, 6) is 0. The first-order valence-electron chi connectivity index (χ1n) is 8.40. The van der Waals surface area contributed by atoms with Crippen molar-refractivity contribution in [2.75, 3.05) is 33.1 Å². The van der Waals surface area contributed by atoms with Crippen molar-refractivity contribution >= 4 is 17.0 Å². The minimum absolute atomic E-state index is 0. The van der Waals surface area contributed by atoms with Crippen LogP contribution in [0.4, 0.5) is 5.69 Å². The summed E-state index contributed by atoms with van der Waals surface area (Å²) in [7, 11) is 8.22. The van der Waals surface area contributed by atoms with Crippen molar-refractivity contribution in [3.8, 4) is 0 Å². The zero-order valence-corrected chi connectivity index (χ0v) is 16.4. The molecule has 1 aliphatic rings. The number of hydrogen-bond donors (Lipinski definition) is 0. The molecule has 3 nitrogen and oxygen atoms in total. The molecule has 26 heavy (non-hydrogen) atoms. The Morgan fingerprint density at radius 2 is 1.54 bits per heavy atom. The van der Waals surface area contributed by atoms with Gasteiger partial charge >= 0.3 is 0 Å². The van der Waals surface area contributed by atoms with Gasteiger partial charge in [-0.15, -0.1) is 0 Å². The van der Waals surface area contributed by atoms with Crippen molar-refractivity contribution < 1.29 is 17.0 Å². The van der Waals surface area contributed by atoms with Crippen molar-refractivity contribution in [3.63, 3.8) is 0 Å². The fourth-order valence-electron chi connectivity index (χ4n) is 2.83. The van der Waals surface area contributed by atoms with Crippen LogP contribution in [0, 0.1) is 0 Å². The van der Waals surface area contributed by atoms with Gasteiger partial charge in [0.05, 0.1) is 5.69 Å². The maximum Gasteiger partial charge on any atom is 0.199 e. The smallest absolute Gasteiger partial charge is 0.199 e. The van der Waals surface area contributed by atoms with Gasteiger partial charge in [0.15, 0.2) is 5.71 Å². The van der Waals surface area contributed by atoms with Gasteiger partial charge in [0.25, 0.3) is 0 Å². The third kappa shape index (κ3) is 4.30. The molecule has 0 aliphatic heterocycles. The highest BCUT2D eigenvalue weighted by Gasteiger charge is 2.13. The van der Waals surface area contributed by atoms with Crippen molar-refractivity contribution in [1.29, 1.82) is 0 Å². The second-order valence-corrected chi connectivity index (χ2v) is 6.47. The molecule has 0 saturated carbocycles. The molecule has 0 amide bonds. The molecule has 4 heteroatoms. The lowest BCUT2D eigenvalue weighted by molar-refractivity contribution is -0.462. The summed E-state index contributed by atoms with van der Waals surface area (Å²) < 4.78 is 2.11. The molecule has 0 fully saturated rings. The van der Waals surface area contributed by atoms with Gasteiger partial charge in [0.2, 0.25) is 0 Å². The van der Waals surface area contributed by atoms with Crippen LogP contribution in [0.3, 0.4) is 0 Å². The first-order chi connectivity index (χ1) is 12.1. The van der Waals surface area contributed by atoms with Gasteiger partial charge in [0, 0.05) is 43.7 Å². The number of nitrogens with zero attached hydrogens (tertiary/aromatic N) is 3. The zero-order chi connectivity index (χ0) is 17.8. The van der Waals surface area contributed by atoms with E-state index in [0.717, 1.165) is 11.3 Å². The maximum absolute atomic E-state index is 4.59. The summed E-state index contributed by atoms with van der Waals surface area (Å²) in [6.07, 6.45) is 10.5. The van der Waals surface area contributed by atoms with Crippen molar-refractivity contribution in [2.24, 2.45) is 0 Å². The Bertz CT molecular complexity index is 851. The fraction of sp³-hybridized carbons (Fsp3) is 0.182. The molecule has 0 unspecified atom stereocenters. The lowest BCUT2D eigenvalue weighted by atomic mass is 9.93. The molecule has 134 valence electrons. The van der Waals surface area contributed by atoms with Crippen LogP contribution >= 0.6 is 0 Å². The largest absolute Gasteiger partial charge is 1.00 e. The first kappa shape index (κ1) is 19.7. The van der Waals surface area contributed by atoms with E-state index in [-0.39, 0.29) is 12.4 Å². The van der Waals surface area contributed by atoms with E-state index >= 15 is 0 Å². The van der Waals surface area contributed by atoms with Crippen LogP contribution in [-0.4, -0.2) is 43.5 Å². The summed E-state index contributed by atoms with van der Waals surface area (Å²) in [5.41, 5.74) is 6.84. The van der Waals surface area contributed by atoms with E-state index in [1.165, 1.54) is 22.5 Å². The average molecular weight is 366 g/mol. The number of anilines is 1. The van der Waals surface area contributed by atoms with E-state index in [1.54, 1.807) is 0 Å². The summed E-state index contributed by atoms with van der Waals surface area (Å²) in [6.45, 7) is 0. The highest BCUT2D eigenvalue weighted by Crippen LogP contribution is 2.29. The summed E-state index contributed by atoms with van der Waals surface area (Å²) in [4.78, 5) is 6.70. The van der Waals surface area contributed by atoms with Gasteiger partial charge in [-0.1, -0.05) is 18.2 Å². The quantitative estimate of drug-likeness (QED) is 0.749. The lowest BCUT2D eigenvalue weighted by Gasteiger charge is -2.15. The number of hydrogen-bond acceptors (Lipinski definition) is 2. The highest BCUT2D eigenvalue weighted by atomic mass is 35.5. The molecule has 1 heterocycles. The van der Waals surface area contributed by atoms with Gasteiger partial charge in [0.1, 0.15) is 14.1 Å². The van der Waals surface area contributed by atoms with E-state index in [1.807, 2.05) is 18.3 Å². The molecule has 0 radical (unpaired) electrons. The number of benzene rings is 1. The van der Waals surface area contributed by atoms with Crippen LogP contribution in [0.25, 0.3) is 5.57 Å². The van der Waals surface area contributed by atoms with Gasteiger partial charge in [-0.25, -0.2) is 4.58 Å². The molecule has 2 aromatic rings. The number of rotatable bonds is 3. The van der Waals surface area contributed by atoms with Gasteiger partial charge in [-0.05, 0) is 47.6 Å². The SMILES string of the molecule is CN(C)c1ccc(C(=C2C=CC(=[N+](C)C)C=C2)c2ccccn2)cc1.[Cl-]. The third-order valence-electron chi connectivity index (χ3n) is 4.27. The zero-order valence-electron chi connectivity index (χ0n) is 15.6. The normalized spacial score (nSPS) is 12.6. The standard InChI is InChI=1S/C22H24N3.ClH/c1-24(2)19-12-8-17(9-13-19)22(21-7-5-6-16-23-21)18-10-14-20(15-11-18)25(3)4;/h5-16H,1-4H3;1H/q+1;/p-1. The van der Waals surface area contributed by atoms with Crippen LogP contribution in [0.1, 0.15) is 11.3 Å². The molecule has 0 atom stereocenters. The second-order valence-electron chi connectivity index (χ2n) is 6.47. The second kappa shape index (κ2) is 8.63. The minimum Gasteiger partial charge on any atom is -1.00 e. The van der Waals surface area contributed by atoms with Gasteiger partial charge in [-0.3, -0.25) is 4.98 Å². The first-order valence-corrected chi connectivity index (χ1v) is 8.40. The van der Waals surface area contributed by atoms with Crippen LogP contribution in [0.15, 0.2) is 78.5 Å². The van der Waals surface area contributed by atoms with Crippen molar-refractivity contribution in [2.45, 2.75) is 0 Å². The van der Waals surface area contributed by atoms with Crippen LogP contribution in [0.5, 0.6) is 0 Å². The lowest BCUT2D eigenvalue weighted by Crippen LogP contribution is -3.00. The molecule has 1 aromatic heterocycles. The van der Waals surface area contributed by atoms with Gasteiger partial charge in [-0.2, -0.15) is 0 Å². The number of halogens is 1. The number of pyridine rings is 1. The predicted molar refractivity (Wildman–Crippen MR) is 106 cm³/mol. The molecule has 0 N–H and O–H groups in total. The summed E-state index contributed by atoms with van der Waals surface area (Å²) >= 11 is 0. The Hall–Kier alpha value is -2.65. The Balaban J connectivity index is 0.00000243. The van der Waals surface area contributed by atoms with Crippen LogP contribution in [0.2, 0.25) is 0 Å². The Morgan fingerprint density at radius 1 is 0.885 bits per heavy atom. The highest BCUT2D eigenvalue weighted by molar-refractivity contribution is 6.03. The monoisotopic (exact) mass is 365 g/mol. The molecule has 1 aliphatic carbocycles. The number of aromatic nitrogens is 1. The summed E-state index contributed by atoms with van der Waals surface area (Å²) in [5, 5.41) is 0. The van der Waals surface area contributed by atoms with E-state index in [9.17, 15) is 0 Å². The fourth-order valence-corrected chi connectivity index (χ4v) is 2.83. The van der Waals surface area contributed by atoms with E-state index in [2.05, 4.69) is 97.3 Å². The Morgan fingerprint density at radius 3 is 2.04 bits per heavy atom. The van der Waals surface area contributed by atoms with Crippen molar-refractivity contribution in [3.05, 3.63) is 89.8 Å². The maximum atomic E-state index is 4.59.